The van der Waals surface area contributed by atoms with Crippen LogP contribution in [-0.4, -0.2) is 5.11 Å². The van der Waals surface area contributed by atoms with Crippen molar-refractivity contribution in [3.8, 4) is 16.9 Å². The molecule has 2 aromatic carbocycles. The lowest BCUT2D eigenvalue weighted by atomic mass is 9.98. The van der Waals surface area contributed by atoms with Crippen LogP contribution in [0.3, 0.4) is 0 Å². The fourth-order valence-electron chi connectivity index (χ4n) is 1.81. The third kappa shape index (κ3) is 2.49. The first-order valence-electron chi connectivity index (χ1n) is 5.77. The maximum Gasteiger partial charge on any atom is 0.137 e. The van der Waals surface area contributed by atoms with Crippen molar-refractivity contribution in [1.29, 1.82) is 0 Å². The SMILES string of the molecule is CC(C)c1ccc(-c2cc(Cl)c(O)cc2F)cc1. The molecule has 0 aliphatic rings. The molecule has 0 spiro atoms. The highest BCUT2D eigenvalue weighted by Gasteiger charge is 2.10. The quantitative estimate of drug-likeness (QED) is 0.811. The Morgan fingerprint density at radius 2 is 1.72 bits per heavy atom. The zero-order chi connectivity index (χ0) is 13.3. The fourth-order valence-corrected chi connectivity index (χ4v) is 1.97. The van der Waals surface area contributed by atoms with Gasteiger partial charge < -0.3 is 5.11 Å². The lowest BCUT2D eigenvalue weighted by Crippen LogP contribution is -1.89. The first kappa shape index (κ1) is 12.9. The molecule has 0 aliphatic heterocycles. The molecule has 0 aromatic heterocycles. The molecule has 0 fully saturated rings. The minimum Gasteiger partial charge on any atom is -0.506 e. The summed E-state index contributed by atoms with van der Waals surface area (Å²) in [4.78, 5) is 0. The van der Waals surface area contributed by atoms with E-state index in [1.165, 1.54) is 11.6 Å². The van der Waals surface area contributed by atoms with Crippen LogP contribution in [0.2, 0.25) is 5.02 Å². The van der Waals surface area contributed by atoms with E-state index in [-0.39, 0.29) is 10.8 Å². The lowest BCUT2D eigenvalue weighted by molar-refractivity contribution is 0.469. The molecule has 0 atom stereocenters. The van der Waals surface area contributed by atoms with Crippen LogP contribution in [0, 0.1) is 5.82 Å². The summed E-state index contributed by atoms with van der Waals surface area (Å²) in [5, 5.41) is 9.47. The Bertz CT molecular complexity index is 561. The molecule has 1 N–H and O–H groups in total. The molecule has 0 unspecified atom stereocenters. The lowest BCUT2D eigenvalue weighted by Gasteiger charge is -2.09. The molecule has 0 amide bonds. The summed E-state index contributed by atoms with van der Waals surface area (Å²) < 4.78 is 13.8. The first-order chi connectivity index (χ1) is 8.49. The smallest absolute Gasteiger partial charge is 0.137 e. The minimum absolute atomic E-state index is 0.152. The van der Waals surface area contributed by atoms with E-state index in [9.17, 15) is 9.50 Å². The largest absolute Gasteiger partial charge is 0.506 e. The van der Waals surface area contributed by atoms with Gasteiger partial charge in [0.2, 0.25) is 0 Å². The second kappa shape index (κ2) is 4.99. The van der Waals surface area contributed by atoms with Gasteiger partial charge in [-0.1, -0.05) is 49.7 Å². The maximum atomic E-state index is 13.8. The number of halogens is 2. The average Bonchev–Trinajstić information content (AvgIpc) is 2.34. The van der Waals surface area contributed by atoms with Crippen molar-refractivity contribution < 1.29 is 9.50 Å². The van der Waals surface area contributed by atoms with Gasteiger partial charge in [0.25, 0.3) is 0 Å². The highest BCUT2D eigenvalue weighted by Crippen LogP contribution is 2.32. The molecule has 2 rings (SSSR count). The van der Waals surface area contributed by atoms with Gasteiger partial charge in [-0.3, -0.25) is 0 Å². The zero-order valence-corrected chi connectivity index (χ0v) is 11.0. The van der Waals surface area contributed by atoms with Gasteiger partial charge in [0, 0.05) is 11.6 Å². The molecule has 2 aromatic rings. The zero-order valence-electron chi connectivity index (χ0n) is 10.2. The van der Waals surface area contributed by atoms with Crippen LogP contribution in [0.1, 0.15) is 25.3 Å². The Hall–Kier alpha value is -1.54. The third-order valence-electron chi connectivity index (χ3n) is 2.92. The molecule has 0 saturated carbocycles. The van der Waals surface area contributed by atoms with Crippen LogP contribution in [0.15, 0.2) is 36.4 Å². The van der Waals surface area contributed by atoms with Gasteiger partial charge in [-0.15, -0.1) is 0 Å². The summed E-state index contributed by atoms with van der Waals surface area (Å²) in [7, 11) is 0. The molecule has 0 saturated heterocycles. The van der Waals surface area contributed by atoms with Gasteiger partial charge in [-0.2, -0.15) is 0 Å². The highest BCUT2D eigenvalue weighted by molar-refractivity contribution is 6.32. The van der Waals surface area contributed by atoms with Crippen molar-refractivity contribution in [2.24, 2.45) is 0 Å². The van der Waals surface area contributed by atoms with E-state index in [2.05, 4.69) is 13.8 Å². The van der Waals surface area contributed by atoms with Gasteiger partial charge >= 0.3 is 0 Å². The van der Waals surface area contributed by atoms with E-state index < -0.39 is 5.82 Å². The summed E-state index contributed by atoms with van der Waals surface area (Å²) >= 11 is 5.80. The predicted molar refractivity (Wildman–Crippen MR) is 72.6 cm³/mol. The number of hydrogen-bond acceptors (Lipinski definition) is 1. The van der Waals surface area contributed by atoms with Gasteiger partial charge in [0.05, 0.1) is 5.02 Å². The number of phenols is 1. The van der Waals surface area contributed by atoms with Crippen LogP contribution < -0.4 is 0 Å². The van der Waals surface area contributed by atoms with Gasteiger partial charge in [-0.05, 0) is 23.1 Å². The van der Waals surface area contributed by atoms with Crippen molar-refractivity contribution in [2.45, 2.75) is 19.8 Å². The van der Waals surface area contributed by atoms with Crippen molar-refractivity contribution >= 4 is 11.6 Å². The van der Waals surface area contributed by atoms with Crippen LogP contribution in [0.4, 0.5) is 4.39 Å². The van der Waals surface area contributed by atoms with Gasteiger partial charge in [-0.25, -0.2) is 4.39 Å². The van der Waals surface area contributed by atoms with Crippen molar-refractivity contribution in [1.82, 2.24) is 0 Å². The van der Waals surface area contributed by atoms with Crippen molar-refractivity contribution in [2.75, 3.05) is 0 Å². The summed E-state index contributed by atoms with van der Waals surface area (Å²) in [5.41, 5.74) is 2.34. The molecule has 0 aliphatic carbocycles. The predicted octanol–water partition coefficient (Wildman–Crippen LogP) is 4.98. The molecule has 94 valence electrons. The molecule has 1 nitrogen and oxygen atoms in total. The molecule has 18 heavy (non-hydrogen) atoms. The van der Waals surface area contributed by atoms with E-state index in [0.29, 0.717) is 11.5 Å². The third-order valence-corrected chi connectivity index (χ3v) is 3.23. The summed E-state index contributed by atoms with van der Waals surface area (Å²) in [6.07, 6.45) is 0. The average molecular weight is 265 g/mol. The Morgan fingerprint density at radius 1 is 1.11 bits per heavy atom. The van der Waals surface area contributed by atoms with E-state index >= 15 is 0 Å². The number of rotatable bonds is 2. The normalized spacial score (nSPS) is 10.9. The molecular formula is C15H14ClFO. The Balaban J connectivity index is 2.46. The van der Waals surface area contributed by atoms with Gasteiger partial charge in [0.15, 0.2) is 0 Å². The molecule has 0 heterocycles. The summed E-state index contributed by atoms with van der Waals surface area (Å²) in [5.74, 6) is -0.279. The number of benzene rings is 2. The summed E-state index contributed by atoms with van der Waals surface area (Å²) in [6.45, 7) is 4.21. The molecule has 3 heteroatoms. The monoisotopic (exact) mass is 264 g/mol. The standard InChI is InChI=1S/C15H14ClFO/c1-9(2)10-3-5-11(6-4-10)12-7-13(16)15(18)8-14(12)17/h3-9,18H,1-2H3. The van der Waals surface area contributed by atoms with Crippen LogP contribution in [0.25, 0.3) is 11.1 Å². The number of phenolic OH excluding ortho intramolecular Hbond substituents is 1. The fraction of sp³-hybridized carbons (Fsp3) is 0.200. The molecular weight excluding hydrogens is 251 g/mol. The van der Waals surface area contributed by atoms with Gasteiger partial charge in [0.1, 0.15) is 11.6 Å². The second-order valence-corrected chi connectivity index (χ2v) is 4.97. The van der Waals surface area contributed by atoms with Crippen molar-refractivity contribution in [3.05, 3.63) is 52.8 Å². The second-order valence-electron chi connectivity index (χ2n) is 4.56. The first-order valence-corrected chi connectivity index (χ1v) is 6.15. The maximum absolute atomic E-state index is 13.8. The highest BCUT2D eigenvalue weighted by atomic mass is 35.5. The van der Waals surface area contributed by atoms with E-state index in [1.54, 1.807) is 0 Å². The van der Waals surface area contributed by atoms with Crippen LogP contribution in [-0.2, 0) is 0 Å². The van der Waals surface area contributed by atoms with Crippen molar-refractivity contribution in [3.63, 3.8) is 0 Å². The van der Waals surface area contributed by atoms with Crippen LogP contribution >= 0.6 is 11.6 Å². The van der Waals surface area contributed by atoms with Crippen LogP contribution in [0.5, 0.6) is 5.75 Å². The molecule has 0 bridgehead atoms. The van der Waals surface area contributed by atoms with E-state index in [4.69, 9.17) is 11.6 Å². The Morgan fingerprint density at radius 3 is 2.28 bits per heavy atom. The Labute approximate surface area is 111 Å². The number of hydrogen-bond donors (Lipinski definition) is 1. The molecule has 0 radical (unpaired) electrons. The summed E-state index contributed by atoms with van der Waals surface area (Å²) in [6, 6.07) is 10.1. The number of aromatic hydroxyl groups is 1. The van der Waals surface area contributed by atoms with E-state index in [0.717, 1.165) is 11.6 Å². The Kier molecular flexibility index (Phi) is 3.58. The van der Waals surface area contributed by atoms with E-state index in [1.807, 2.05) is 24.3 Å². The topological polar surface area (TPSA) is 20.2 Å². The minimum atomic E-state index is -0.478.